The molecule has 7 heteroatoms. The average Bonchev–Trinajstić information content (AvgIpc) is 2.58. The first-order chi connectivity index (χ1) is 11.5. The van der Waals surface area contributed by atoms with E-state index < -0.39 is 0 Å². The lowest BCUT2D eigenvalue weighted by molar-refractivity contribution is -0.129. The van der Waals surface area contributed by atoms with Crippen molar-refractivity contribution in [1.82, 2.24) is 14.9 Å². The van der Waals surface area contributed by atoms with Gasteiger partial charge < -0.3 is 14.6 Å². The minimum absolute atomic E-state index is 0.0324. The number of H-pyrrole nitrogens is 1. The quantitative estimate of drug-likeness (QED) is 0.611. The van der Waals surface area contributed by atoms with Crippen molar-refractivity contribution in [1.29, 1.82) is 0 Å². The molecule has 0 bridgehead atoms. The van der Waals surface area contributed by atoms with Gasteiger partial charge in [0.2, 0.25) is 5.91 Å². The largest absolute Gasteiger partial charge is 0.492 e. The third kappa shape index (κ3) is 4.86. The summed E-state index contributed by atoms with van der Waals surface area (Å²) in [6.07, 6.45) is 1.87. The number of ether oxygens (including phenoxy) is 1. The highest BCUT2D eigenvalue weighted by molar-refractivity contribution is 7.98. The summed E-state index contributed by atoms with van der Waals surface area (Å²) in [6.45, 7) is 2.59. The Morgan fingerprint density at radius 3 is 2.67 bits per heavy atom. The summed E-state index contributed by atoms with van der Waals surface area (Å²) < 4.78 is 5.58. The number of benzene rings is 1. The van der Waals surface area contributed by atoms with Crippen molar-refractivity contribution in [2.75, 3.05) is 26.5 Å². The van der Waals surface area contributed by atoms with E-state index in [-0.39, 0.29) is 17.9 Å². The van der Waals surface area contributed by atoms with Gasteiger partial charge in [0.15, 0.2) is 5.16 Å². The highest BCUT2D eigenvalue weighted by Crippen LogP contribution is 2.10. The standard InChI is InChI=1S/C17H21N3O3S/c1-12-14(16(22)19-17(18-12)24-3)11-15(21)20(2)9-10-23-13-7-5-4-6-8-13/h4-8H,9-11H2,1-3H3,(H,18,19,22). The smallest absolute Gasteiger partial charge is 0.255 e. The molecule has 0 aliphatic carbocycles. The Bertz CT molecular complexity index is 746. The fourth-order valence-corrected chi connectivity index (χ4v) is 2.54. The van der Waals surface area contributed by atoms with Crippen LogP contribution in [0, 0.1) is 6.92 Å². The van der Waals surface area contributed by atoms with E-state index in [0.29, 0.717) is 29.6 Å². The number of carbonyl (C=O) groups excluding carboxylic acids is 1. The molecule has 2 aromatic rings. The van der Waals surface area contributed by atoms with Gasteiger partial charge in [0.25, 0.3) is 5.56 Å². The van der Waals surface area contributed by atoms with Crippen molar-refractivity contribution in [3.8, 4) is 5.75 Å². The summed E-state index contributed by atoms with van der Waals surface area (Å²) >= 11 is 1.36. The average molecular weight is 347 g/mol. The number of nitrogens with zero attached hydrogens (tertiary/aromatic N) is 2. The number of likely N-dealkylation sites (N-methyl/N-ethyl adjacent to an activating group) is 1. The molecule has 1 aromatic carbocycles. The lowest BCUT2D eigenvalue weighted by atomic mass is 10.1. The number of aryl methyl sites for hydroxylation is 1. The Kier molecular flexibility index (Phi) is 6.43. The molecule has 0 spiro atoms. The van der Waals surface area contributed by atoms with Crippen molar-refractivity contribution in [2.24, 2.45) is 0 Å². The Morgan fingerprint density at radius 1 is 1.33 bits per heavy atom. The Morgan fingerprint density at radius 2 is 2.04 bits per heavy atom. The molecule has 1 heterocycles. The van der Waals surface area contributed by atoms with Gasteiger partial charge in [-0.3, -0.25) is 9.59 Å². The summed E-state index contributed by atoms with van der Waals surface area (Å²) in [5.41, 5.74) is 0.744. The van der Waals surface area contributed by atoms with Crippen LogP contribution < -0.4 is 10.3 Å². The van der Waals surface area contributed by atoms with Gasteiger partial charge in [-0.25, -0.2) is 4.98 Å². The van der Waals surface area contributed by atoms with Crippen LogP contribution in [0.4, 0.5) is 0 Å². The van der Waals surface area contributed by atoms with E-state index in [4.69, 9.17) is 4.74 Å². The molecule has 0 unspecified atom stereocenters. The fraction of sp³-hybridized carbons (Fsp3) is 0.353. The number of aromatic amines is 1. The first-order valence-electron chi connectivity index (χ1n) is 7.57. The zero-order chi connectivity index (χ0) is 17.5. The molecule has 0 radical (unpaired) electrons. The number of aromatic nitrogens is 2. The van der Waals surface area contributed by atoms with Crippen LogP contribution in [0.25, 0.3) is 0 Å². The predicted octanol–water partition coefficient (Wildman–Crippen LogP) is 1.88. The topological polar surface area (TPSA) is 75.3 Å². The third-order valence-electron chi connectivity index (χ3n) is 3.59. The molecule has 1 N–H and O–H groups in total. The second-order valence-electron chi connectivity index (χ2n) is 5.29. The minimum Gasteiger partial charge on any atom is -0.492 e. The van der Waals surface area contributed by atoms with Crippen LogP contribution in [-0.4, -0.2) is 47.2 Å². The Balaban J connectivity index is 1.91. The van der Waals surface area contributed by atoms with Gasteiger partial charge in [-0.15, -0.1) is 0 Å². The van der Waals surface area contributed by atoms with Crippen molar-refractivity contribution in [2.45, 2.75) is 18.5 Å². The maximum absolute atomic E-state index is 12.3. The molecule has 1 aromatic heterocycles. The van der Waals surface area contributed by atoms with Crippen molar-refractivity contribution in [3.63, 3.8) is 0 Å². The Hall–Kier alpha value is -2.28. The summed E-state index contributed by atoms with van der Waals surface area (Å²) in [7, 11) is 1.70. The van der Waals surface area contributed by atoms with Crippen LogP contribution in [0.2, 0.25) is 0 Å². The number of carbonyl (C=O) groups is 1. The van der Waals surface area contributed by atoms with Crippen LogP contribution in [0.5, 0.6) is 5.75 Å². The van der Waals surface area contributed by atoms with Crippen LogP contribution in [0.3, 0.4) is 0 Å². The number of thioether (sulfide) groups is 1. The van der Waals surface area contributed by atoms with E-state index >= 15 is 0 Å². The molecule has 128 valence electrons. The fourth-order valence-electron chi connectivity index (χ4n) is 2.12. The monoisotopic (exact) mass is 347 g/mol. The molecule has 6 nitrogen and oxygen atoms in total. The van der Waals surface area contributed by atoms with Crippen molar-refractivity contribution < 1.29 is 9.53 Å². The molecular weight excluding hydrogens is 326 g/mol. The lowest BCUT2D eigenvalue weighted by Gasteiger charge is -2.18. The highest BCUT2D eigenvalue weighted by atomic mass is 32.2. The van der Waals surface area contributed by atoms with E-state index in [1.807, 2.05) is 36.6 Å². The number of nitrogens with one attached hydrogen (secondary N) is 1. The molecule has 1 amide bonds. The maximum Gasteiger partial charge on any atom is 0.255 e. The maximum atomic E-state index is 12.3. The van der Waals surface area contributed by atoms with Crippen molar-refractivity contribution in [3.05, 3.63) is 51.9 Å². The minimum atomic E-state index is -0.255. The molecule has 0 saturated carbocycles. The van der Waals surface area contributed by atoms with Crippen LogP contribution in [0.1, 0.15) is 11.3 Å². The molecule has 0 aliphatic heterocycles. The normalized spacial score (nSPS) is 10.5. The molecule has 0 aliphatic rings. The van der Waals surface area contributed by atoms with Gasteiger partial charge in [-0.05, 0) is 25.3 Å². The number of rotatable bonds is 7. The zero-order valence-electron chi connectivity index (χ0n) is 14.0. The van der Waals surface area contributed by atoms with Gasteiger partial charge in [-0.2, -0.15) is 0 Å². The van der Waals surface area contributed by atoms with Crippen LogP contribution in [-0.2, 0) is 11.2 Å². The van der Waals surface area contributed by atoms with E-state index in [1.54, 1.807) is 18.9 Å². The lowest BCUT2D eigenvalue weighted by Crippen LogP contribution is -2.34. The summed E-state index contributed by atoms with van der Waals surface area (Å²) in [4.78, 5) is 32.9. The van der Waals surface area contributed by atoms with Gasteiger partial charge in [-0.1, -0.05) is 30.0 Å². The van der Waals surface area contributed by atoms with E-state index in [0.717, 1.165) is 5.75 Å². The molecule has 2 rings (SSSR count). The summed E-state index contributed by atoms with van der Waals surface area (Å²) in [5, 5.41) is 0.554. The highest BCUT2D eigenvalue weighted by Gasteiger charge is 2.15. The number of hydrogen-bond donors (Lipinski definition) is 1. The number of para-hydroxylation sites is 1. The SMILES string of the molecule is CSc1nc(C)c(CC(=O)N(C)CCOc2ccccc2)c(=O)[nH]1. The van der Waals surface area contributed by atoms with Crippen molar-refractivity contribution >= 4 is 17.7 Å². The molecule has 24 heavy (non-hydrogen) atoms. The first kappa shape index (κ1) is 18.1. The second-order valence-corrected chi connectivity index (χ2v) is 6.09. The summed E-state index contributed by atoms with van der Waals surface area (Å²) in [5.74, 6) is 0.626. The molecule has 0 fully saturated rings. The Labute approximate surface area is 145 Å². The van der Waals surface area contributed by atoms with Gasteiger partial charge >= 0.3 is 0 Å². The van der Waals surface area contributed by atoms with Crippen LogP contribution >= 0.6 is 11.8 Å². The van der Waals surface area contributed by atoms with E-state index in [2.05, 4.69) is 9.97 Å². The second kappa shape index (κ2) is 8.54. The molecule has 0 atom stereocenters. The van der Waals surface area contributed by atoms with Gasteiger partial charge in [0.05, 0.1) is 13.0 Å². The van der Waals surface area contributed by atoms with Gasteiger partial charge in [0, 0.05) is 18.3 Å². The number of hydrogen-bond acceptors (Lipinski definition) is 5. The molecule has 0 saturated heterocycles. The van der Waals surface area contributed by atoms with E-state index in [9.17, 15) is 9.59 Å². The first-order valence-corrected chi connectivity index (χ1v) is 8.79. The van der Waals surface area contributed by atoms with Gasteiger partial charge in [0.1, 0.15) is 12.4 Å². The predicted molar refractivity (Wildman–Crippen MR) is 94.7 cm³/mol. The summed E-state index contributed by atoms with van der Waals surface area (Å²) in [6, 6.07) is 9.43. The number of amides is 1. The third-order valence-corrected chi connectivity index (χ3v) is 4.17. The van der Waals surface area contributed by atoms with Crippen LogP contribution in [0.15, 0.2) is 40.3 Å². The van der Waals surface area contributed by atoms with E-state index in [1.165, 1.54) is 11.8 Å². The molecular formula is C17H21N3O3S. The zero-order valence-corrected chi connectivity index (χ0v) is 14.9.